The average Bonchev–Trinajstić information content (AvgIpc) is 2.69. The largest absolute Gasteiger partial charge is 0.462 e. The number of aryl methyl sites for hydroxylation is 1. The fraction of sp³-hybridized carbons (Fsp3) is 0.500. The first-order valence-electron chi connectivity index (χ1n) is 6.04. The van der Waals surface area contributed by atoms with Gasteiger partial charge in [-0.2, -0.15) is 0 Å². The van der Waals surface area contributed by atoms with Crippen molar-refractivity contribution in [1.29, 1.82) is 0 Å². The number of anilines is 1. The lowest BCUT2D eigenvalue weighted by atomic mass is 10.2. The SMILES string of the molecule is CCOC(=O)c1cc(CC)sc1NC(=O)CS(C)(=O)=O. The van der Waals surface area contributed by atoms with Gasteiger partial charge in [-0.3, -0.25) is 4.79 Å². The Kier molecular flexibility index (Phi) is 5.70. The maximum Gasteiger partial charge on any atom is 0.341 e. The van der Waals surface area contributed by atoms with Crippen LogP contribution in [0.2, 0.25) is 0 Å². The Labute approximate surface area is 122 Å². The Morgan fingerprint density at radius 1 is 1.35 bits per heavy atom. The van der Waals surface area contributed by atoms with E-state index in [-0.39, 0.29) is 12.2 Å². The fourth-order valence-electron chi connectivity index (χ4n) is 1.47. The van der Waals surface area contributed by atoms with Crippen molar-refractivity contribution in [2.45, 2.75) is 20.3 Å². The number of nitrogens with one attached hydrogen (secondary N) is 1. The summed E-state index contributed by atoms with van der Waals surface area (Å²) in [7, 11) is -3.41. The van der Waals surface area contributed by atoms with E-state index < -0.39 is 27.5 Å². The monoisotopic (exact) mass is 319 g/mol. The van der Waals surface area contributed by atoms with E-state index in [1.165, 1.54) is 11.3 Å². The van der Waals surface area contributed by atoms with Gasteiger partial charge in [-0.1, -0.05) is 6.92 Å². The van der Waals surface area contributed by atoms with E-state index in [1.54, 1.807) is 13.0 Å². The Balaban J connectivity index is 2.96. The number of carbonyl (C=O) groups is 2. The Hall–Kier alpha value is -1.41. The number of sulfone groups is 1. The number of amides is 1. The molecule has 112 valence electrons. The van der Waals surface area contributed by atoms with Crippen molar-refractivity contribution >= 4 is 38.1 Å². The van der Waals surface area contributed by atoms with Crippen LogP contribution in [0, 0.1) is 0 Å². The summed E-state index contributed by atoms with van der Waals surface area (Å²) in [5.41, 5.74) is 0.260. The molecule has 1 heterocycles. The van der Waals surface area contributed by atoms with Crippen molar-refractivity contribution in [3.05, 3.63) is 16.5 Å². The number of carbonyl (C=O) groups excluding carboxylic acids is 2. The minimum Gasteiger partial charge on any atom is -0.462 e. The van der Waals surface area contributed by atoms with E-state index in [0.29, 0.717) is 11.4 Å². The molecule has 0 unspecified atom stereocenters. The van der Waals surface area contributed by atoms with Crippen LogP contribution in [0.4, 0.5) is 5.00 Å². The highest BCUT2D eigenvalue weighted by molar-refractivity contribution is 7.91. The molecule has 0 saturated carbocycles. The zero-order chi connectivity index (χ0) is 15.3. The molecule has 1 aromatic heterocycles. The summed E-state index contributed by atoms with van der Waals surface area (Å²) < 4.78 is 27.0. The van der Waals surface area contributed by atoms with Crippen molar-refractivity contribution in [3.8, 4) is 0 Å². The maximum absolute atomic E-state index is 11.8. The first-order chi connectivity index (χ1) is 9.26. The van der Waals surface area contributed by atoms with E-state index in [4.69, 9.17) is 4.74 Å². The number of hydrogen-bond acceptors (Lipinski definition) is 6. The number of ether oxygens (including phenoxy) is 1. The number of hydrogen-bond donors (Lipinski definition) is 1. The lowest BCUT2D eigenvalue weighted by Gasteiger charge is -2.05. The molecule has 1 rings (SSSR count). The maximum atomic E-state index is 11.8. The van der Waals surface area contributed by atoms with Gasteiger partial charge in [-0.05, 0) is 19.4 Å². The summed E-state index contributed by atoms with van der Waals surface area (Å²) in [6.07, 6.45) is 1.68. The molecule has 0 aliphatic carbocycles. The van der Waals surface area contributed by atoms with Crippen molar-refractivity contribution in [1.82, 2.24) is 0 Å². The Morgan fingerprint density at radius 2 is 2.00 bits per heavy atom. The smallest absolute Gasteiger partial charge is 0.341 e. The van der Waals surface area contributed by atoms with Crippen LogP contribution in [0.5, 0.6) is 0 Å². The highest BCUT2D eigenvalue weighted by atomic mass is 32.2. The molecule has 1 N–H and O–H groups in total. The fourth-order valence-corrected chi connectivity index (χ4v) is 3.02. The molecule has 0 radical (unpaired) electrons. The summed E-state index contributed by atoms with van der Waals surface area (Å²) in [4.78, 5) is 24.3. The standard InChI is InChI=1S/C12H17NO5S2/c1-4-8-6-9(12(15)18-5-2)11(19-8)13-10(14)7-20(3,16)17/h6H,4-5,7H2,1-3H3,(H,13,14). The Morgan fingerprint density at radius 3 is 2.50 bits per heavy atom. The van der Waals surface area contributed by atoms with Crippen LogP contribution in [-0.2, 0) is 25.8 Å². The first kappa shape index (κ1) is 16.6. The van der Waals surface area contributed by atoms with Crippen LogP contribution in [0.15, 0.2) is 6.07 Å². The third kappa shape index (κ3) is 4.93. The molecule has 0 aliphatic heterocycles. The van der Waals surface area contributed by atoms with Crippen molar-refractivity contribution in [2.24, 2.45) is 0 Å². The van der Waals surface area contributed by atoms with E-state index in [1.807, 2.05) is 6.92 Å². The van der Waals surface area contributed by atoms with Gasteiger partial charge in [0.05, 0.1) is 12.2 Å². The molecule has 0 fully saturated rings. The van der Waals surface area contributed by atoms with Crippen LogP contribution in [0.3, 0.4) is 0 Å². The number of rotatable bonds is 6. The van der Waals surface area contributed by atoms with E-state index in [0.717, 1.165) is 11.1 Å². The molecule has 0 spiro atoms. The van der Waals surface area contributed by atoms with Gasteiger partial charge in [-0.25, -0.2) is 13.2 Å². The number of thiophene rings is 1. The molecule has 0 aromatic carbocycles. The van der Waals surface area contributed by atoms with Gasteiger partial charge < -0.3 is 10.1 Å². The van der Waals surface area contributed by atoms with Gasteiger partial charge in [0.25, 0.3) is 0 Å². The second-order valence-electron chi connectivity index (χ2n) is 4.15. The lowest BCUT2D eigenvalue weighted by Crippen LogP contribution is -2.22. The van der Waals surface area contributed by atoms with Gasteiger partial charge >= 0.3 is 5.97 Å². The van der Waals surface area contributed by atoms with E-state index >= 15 is 0 Å². The zero-order valence-electron chi connectivity index (χ0n) is 11.6. The van der Waals surface area contributed by atoms with Crippen LogP contribution < -0.4 is 5.32 Å². The predicted molar refractivity (Wildman–Crippen MR) is 78.0 cm³/mol. The van der Waals surface area contributed by atoms with Crippen LogP contribution in [0.25, 0.3) is 0 Å². The summed E-state index contributed by atoms with van der Waals surface area (Å²) in [6.45, 7) is 3.84. The summed E-state index contributed by atoms with van der Waals surface area (Å²) >= 11 is 1.24. The lowest BCUT2D eigenvalue weighted by molar-refractivity contribution is -0.113. The molecule has 0 aliphatic rings. The molecule has 20 heavy (non-hydrogen) atoms. The molecular formula is C12H17NO5S2. The third-order valence-electron chi connectivity index (χ3n) is 2.27. The molecule has 0 bridgehead atoms. The zero-order valence-corrected chi connectivity index (χ0v) is 13.2. The molecular weight excluding hydrogens is 302 g/mol. The third-order valence-corrected chi connectivity index (χ3v) is 4.25. The predicted octanol–water partition coefficient (Wildman–Crippen LogP) is 1.47. The van der Waals surface area contributed by atoms with Crippen molar-refractivity contribution in [2.75, 3.05) is 23.9 Å². The molecule has 8 heteroatoms. The minimum absolute atomic E-state index is 0.229. The summed E-state index contributed by atoms with van der Waals surface area (Å²) in [6, 6.07) is 1.65. The van der Waals surface area contributed by atoms with Gasteiger partial charge in [0.2, 0.25) is 5.91 Å². The van der Waals surface area contributed by atoms with Crippen LogP contribution in [-0.4, -0.2) is 38.9 Å². The molecule has 1 aromatic rings. The first-order valence-corrected chi connectivity index (χ1v) is 8.92. The van der Waals surface area contributed by atoms with Crippen LogP contribution in [0.1, 0.15) is 29.1 Å². The molecule has 0 saturated heterocycles. The van der Waals surface area contributed by atoms with Gasteiger partial charge in [-0.15, -0.1) is 11.3 Å². The normalized spacial score (nSPS) is 11.2. The molecule has 6 nitrogen and oxygen atoms in total. The van der Waals surface area contributed by atoms with Crippen molar-refractivity contribution in [3.63, 3.8) is 0 Å². The van der Waals surface area contributed by atoms with Gasteiger partial charge in [0.15, 0.2) is 9.84 Å². The second-order valence-corrected chi connectivity index (χ2v) is 7.42. The van der Waals surface area contributed by atoms with Gasteiger partial charge in [0, 0.05) is 11.1 Å². The Bertz CT molecular complexity index is 603. The van der Waals surface area contributed by atoms with Crippen molar-refractivity contribution < 1.29 is 22.7 Å². The number of esters is 1. The topological polar surface area (TPSA) is 89.5 Å². The highest BCUT2D eigenvalue weighted by Crippen LogP contribution is 2.29. The van der Waals surface area contributed by atoms with E-state index in [9.17, 15) is 18.0 Å². The minimum atomic E-state index is -3.41. The molecule has 1 amide bonds. The van der Waals surface area contributed by atoms with Gasteiger partial charge in [0.1, 0.15) is 10.8 Å². The van der Waals surface area contributed by atoms with E-state index in [2.05, 4.69) is 5.32 Å². The average molecular weight is 319 g/mol. The quantitative estimate of drug-likeness (QED) is 0.802. The second kappa shape index (κ2) is 6.85. The summed E-state index contributed by atoms with van der Waals surface area (Å²) in [5.74, 6) is -1.81. The summed E-state index contributed by atoms with van der Waals surface area (Å²) in [5, 5.41) is 2.79. The highest BCUT2D eigenvalue weighted by Gasteiger charge is 2.20. The molecule has 0 atom stereocenters. The van der Waals surface area contributed by atoms with Crippen LogP contribution >= 0.6 is 11.3 Å².